The first kappa shape index (κ1) is 9.85. The van der Waals surface area contributed by atoms with Gasteiger partial charge >= 0.3 is 0 Å². The lowest BCUT2D eigenvalue weighted by atomic mass is 10.3. The van der Waals surface area contributed by atoms with Crippen LogP contribution >= 0.6 is 0 Å². The lowest BCUT2D eigenvalue weighted by Crippen LogP contribution is -1.93. The molecule has 0 aliphatic heterocycles. The summed E-state index contributed by atoms with van der Waals surface area (Å²) in [6.45, 7) is 0.672. The van der Waals surface area contributed by atoms with Crippen molar-refractivity contribution >= 4 is 6.29 Å². The van der Waals surface area contributed by atoms with E-state index in [4.69, 9.17) is 9.26 Å². The third kappa shape index (κ3) is 3.33. The summed E-state index contributed by atoms with van der Waals surface area (Å²) in [7, 11) is 1.64. The van der Waals surface area contributed by atoms with E-state index in [1.807, 2.05) is 0 Å². The van der Waals surface area contributed by atoms with Crippen LogP contribution < -0.4 is 0 Å². The molecule has 0 amide bonds. The van der Waals surface area contributed by atoms with E-state index in [9.17, 15) is 4.79 Å². The van der Waals surface area contributed by atoms with Crippen molar-refractivity contribution in [3.63, 3.8) is 0 Å². The molecule has 72 valence electrons. The number of rotatable bonds is 6. The molecule has 0 saturated carbocycles. The van der Waals surface area contributed by atoms with E-state index in [1.165, 1.54) is 0 Å². The van der Waals surface area contributed by atoms with Gasteiger partial charge in [0.2, 0.25) is 5.89 Å². The van der Waals surface area contributed by atoms with Gasteiger partial charge in [-0.3, -0.25) is 0 Å². The number of hydrogen-bond donors (Lipinski definition) is 0. The fourth-order valence-electron chi connectivity index (χ4n) is 0.917. The predicted octanol–water partition coefficient (Wildman–Crippen LogP) is 0.390. The summed E-state index contributed by atoms with van der Waals surface area (Å²) in [6.07, 6.45) is 2.51. The molecule has 1 aromatic heterocycles. The fourth-order valence-corrected chi connectivity index (χ4v) is 0.917. The summed E-state index contributed by atoms with van der Waals surface area (Å²) in [5.74, 6) is 1.01. The fraction of sp³-hybridized carbons (Fsp3) is 0.625. The van der Waals surface area contributed by atoms with Crippen molar-refractivity contribution in [1.29, 1.82) is 0 Å². The van der Waals surface area contributed by atoms with Crippen LogP contribution in [0.2, 0.25) is 0 Å². The molecular weight excluding hydrogens is 172 g/mol. The van der Waals surface area contributed by atoms with E-state index in [0.717, 1.165) is 12.7 Å². The Bertz CT molecular complexity index is 260. The normalized spacial score (nSPS) is 10.2. The second-order valence-electron chi connectivity index (χ2n) is 2.57. The van der Waals surface area contributed by atoms with Gasteiger partial charge in [0.15, 0.2) is 5.82 Å². The maximum atomic E-state index is 10.1. The van der Waals surface area contributed by atoms with Crippen LogP contribution in [0.5, 0.6) is 0 Å². The van der Waals surface area contributed by atoms with Gasteiger partial charge in [0.05, 0.1) is 6.42 Å². The average molecular weight is 184 g/mol. The van der Waals surface area contributed by atoms with Gasteiger partial charge in [-0.1, -0.05) is 5.16 Å². The molecule has 0 aliphatic carbocycles. The minimum atomic E-state index is 0.216. The third-order valence-electron chi connectivity index (χ3n) is 1.52. The van der Waals surface area contributed by atoms with Crippen molar-refractivity contribution in [2.24, 2.45) is 0 Å². The summed E-state index contributed by atoms with van der Waals surface area (Å²) in [5.41, 5.74) is 0. The molecule has 0 fully saturated rings. The average Bonchev–Trinajstić information content (AvgIpc) is 2.54. The molecule has 1 heterocycles. The largest absolute Gasteiger partial charge is 0.385 e. The molecular formula is C8H12N2O3. The molecule has 0 aromatic carbocycles. The van der Waals surface area contributed by atoms with Crippen molar-refractivity contribution < 1.29 is 14.1 Å². The van der Waals surface area contributed by atoms with Crippen LogP contribution in [-0.2, 0) is 22.4 Å². The summed E-state index contributed by atoms with van der Waals surface area (Å²) in [4.78, 5) is 14.1. The number of methoxy groups -OCH3 is 1. The third-order valence-corrected chi connectivity index (χ3v) is 1.52. The number of carbonyl (C=O) groups is 1. The highest BCUT2D eigenvalue weighted by molar-refractivity contribution is 5.52. The van der Waals surface area contributed by atoms with Crippen LogP contribution in [0.25, 0.3) is 0 Å². The Labute approximate surface area is 76.1 Å². The number of aldehydes is 1. The van der Waals surface area contributed by atoms with Crippen molar-refractivity contribution in [2.75, 3.05) is 13.7 Å². The van der Waals surface area contributed by atoms with Crippen LogP contribution in [0.15, 0.2) is 4.52 Å². The lowest BCUT2D eigenvalue weighted by Gasteiger charge is -1.92. The first-order valence-electron chi connectivity index (χ1n) is 4.11. The van der Waals surface area contributed by atoms with Crippen molar-refractivity contribution in [3.8, 4) is 0 Å². The Morgan fingerprint density at radius 1 is 1.62 bits per heavy atom. The zero-order chi connectivity index (χ0) is 9.52. The first-order valence-corrected chi connectivity index (χ1v) is 4.11. The quantitative estimate of drug-likeness (QED) is 0.472. The highest BCUT2D eigenvalue weighted by Crippen LogP contribution is 2.00. The molecule has 13 heavy (non-hydrogen) atoms. The smallest absolute Gasteiger partial charge is 0.226 e. The molecule has 1 rings (SSSR count). The van der Waals surface area contributed by atoms with Crippen LogP contribution in [0.1, 0.15) is 18.1 Å². The van der Waals surface area contributed by atoms with E-state index < -0.39 is 0 Å². The Morgan fingerprint density at radius 2 is 2.46 bits per heavy atom. The first-order chi connectivity index (χ1) is 6.36. The standard InChI is InChI=1S/C8H12N2O3/c1-12-6-2-3-8-9-7(4-5-11)10-13-8/h5H,2-4,6H2,1H3. The SMILES string of the molecule is COCCCc1nc(CC=O)no1. The highest BCUT2D eigenvalue weighted by atomic mass is 16.5. The summed E-state index contributed by atoms with van der Waals surface area (Å²) in [6, 6.07) is 0. The van der Waals surface area contributed by atoms with Gasteiger partial charge in [-0.05, 0) is 6.42 Å². The molecule has 1 aromatic rings. The summed E-state index contributed by atoms with van der Waals surface area (Å²) >= 11 is 0. The molecule has 0 unspecified atom stereocenters. The molecule has 0 aliphatic rings. The molecule has 0 saturated heterocycles. The number of aryl methyl sites for hydroxylation is 1. The van der Waals surface area contributed by atoms with Gasteiger partial charge in [-0.15, -0.1) is 0 Å². The van der Waals surface area contributed by atoms with Crippen LogP contribution in [0.3, 0.4) is 0 Å². The van der Waals surface area contributed by atoms with E-state index in [1.54, 1.807) is 7.11 Å². The van der Waals surface area contributed by atoms with Crippen LogP contribution in [0, 0.1) is 0 Å². The van der Waals surface area contributed by atoms with E-state index >= 15 is 0 Å². The summed E-state index contributed by atoms with van der Waals surface area (Å²) < 4.78 is 9.76. The molecule has 5 nitrogen and oxygen atoms in total. The van der Waals surface area contributed by atoms with Gasteiger partial charge in [0.25, 0.3) is 0 Å². The monoisotopic (exact) mass is 184 g/mol. The number of nitrogens with zero attached hydrogens (tertiary/aromatic N) is 2. The van der Waals surface area contributed by atoms with Crippen LogP contribution in [-0.4, -0.2) is 30.1 Å². The number of ether oxygens (including phenoxy) is 1. The van der Waals surface area contributed by atoms with Crippen molar-refractivity contribution in [1.82, 2.24) is 10.1 Å². The van der Waals surface area contributed by atoms with Gasteiger partial charge < -0.3 is 14.1 Å². The number of aromatic nitrogens is 2. The Morgan fingerprint density at radius 3 is 3.15 bits per heavy atom. The molecule has 0 N–H and O–H groups in total. The lowest BCUT2D eigenvalue weighted by molar-refractivity contribution is -0.107. The Balaban J connectivity index is 2.35. The number of hydrogen-bond acceptors (Lipinski definition) is 5. The summed E-state index contributed by atoms with van der Waals surface area (Å²) in [5, 5.41) is 3.63. The number of carbonyl (C=O) groups excluding carboxylic acids is 1. The minimum absolute atomic E-state index is 0.216. The molecule has 0 radical (unpaired) electrons. The maximum absolute atomic E-state index is 10.1. The Hall–Kier alpha value is -1.23. The highest BCUT2D eigenvalue weighted by Gasteiger charge is 2.04. The van der Waals surface area contributed by atoms with Gasteiger partial charge in [0.1, 0.15) is 6.29 Å². The van der Waals surface area contributed by atoms with E-state index in [0.29, 0.717) is 24.7 Å². The van der Waals surface area contributed by atoms with E-state index in [-0.39, 0.29) is 6.42 Å². The van der Waals surface area contributed by atoms with Crippen molar-refractivity contribution in [3.05, 3.63) is 11.7 Å². The molecule has 0 spiro atoms. The van der Waals surface area contributed by atoms with Gasteiger partial charge in [0, 0.05) is 20.1 Å². The van der Waals surface area contributed by atoms with E-state index in [2.05, 4.69) is 10.1 Å². The topological polar surface area (TPSA) is 65.2 Å². The molecule has 0 atom stereocenters. The molecule has 0 bridgehead atoms. The van der Waals surface area contributed by atoms with Crippen LogP contribution in [0.4, 0.5) is 0 Å². The zero-order valence-electron chi connectivity index (χ0n) is 7.52. The van der Waals surface area contributed by atoms with Gasteiger partial charge in [-0.25, -0.2) is 0 Å². The van der Waals surface area contributed by atoms with Gasteiger partial charge in [-0.2, -0.15) is 4.98 Å². The minimum Gasteiger partial charge on any atom is -0.385 e. The molecule has 5 heteroatoms. The predicted molar refractivity (Wildman–Crippen MR) is 44.3 cm³/mol. The zero-order valence-corrected chi connectivity index (χ0v) is 7.52. The Kier molecular flexibility index (Phi) is 4.11. The second kappa shape index (κ2) is 5.42. The van der Waals surface area contributed by atoms with Crippen molar-refractivity contribution in [2.45, 2.75) is 19.3 Å². The maximum Gasteiger partial charge on any atom is 0.226 e. The second-order valence-corrected chi connectivity index (χ2v) is 2.57.